The first-order valence-electron chi connectivity index (χ1n) is 10.6. The highest BCUT2D eigenvalue weighted by Crippen LogP contribution is 2.24. The van der Waals surface area contributed by atoms with Crippen LogP contribution >= 0.6 is 27.5 Å². The molecule has 0 unspecified atom stereocenters. The molecule has 0 fully saturated rings. The van der Waals surface area contributed by atoms with E-state index in [4.69, 9.17) is 16.3 Å². The smallest absolute Gasteiger partial charge is 0.345 e. The predicted octanol–water partition coefficient (Wildman–Crippen LogP) is 6.91. The van der Waals surface area contributed by atoms with Crippen molar-refractivity contribution in [3.63, 3.8) is 0 Å². The molecule has 0 aromatic heterocycles. The number of carbonyl (C=O) groups is 2. The zero-order chi connectivity index (χ0) is 22.5. The lowest BCUT2D eigenvalue weighted by atomic mass is 10.1. The summed E-state index contributed by atoms with van der Waals surface area (Å²) >= 11 is 9.46. The summed E-state index contributed by atoms with van der Waals surface area (Å²) in [4.78, 5) is 24.4. The molecule has 1 amide bonds. The highest BCUT2D eigenvalue weighted by Gasteiger charge is 2.14. The molecular weight excluding hydrogens is 480 g/mol. The first-order chi connectivity index (χ1) is 15.0. The fraction of sp³-hybridized carbons (Fsp3) is 0.375. The minimum atomic E-state index is -0.564. The average Bonchev–Trinajstić information content (AvgIpc) is 2.75. The highest BCUT2D eigenvalue weighted by atomic mass is 79.9. The number of halogens is 2. The second-order valence-corrected chi connectivity index (χ2v) is 8.54. The first-order valence-corrected chi connectivity index (χ1v) is 11.8. The van der Waals surface area contributed by atoms with Gasteiger partial charge in [0.15, 0.2) is 0 Å². The number of rotatable bonds is 12. The van der Waals surface area contributed by atoms with Gasteiger partial charge in [-0.05, 0) is 36.8 Å². The molecule has 7 heteroatoms. The van der Waals surface area contributed by atoms with Crippen molar-refractivity contribution in [3.05, 3.63) is 63.1 Å². The number of nitrogens with one attached hydrogen (secondary N) is 1. The molecule has 2 aromatic carbocycles. The average molecular weight is 508 g/mol. The molecule has 31 heavy (non-hydrogen) atoms. The quantitative estimate of drug-likeness (QED) is 0.112. The van der Waals surface area contributed by atoms with E-state index in [2.05, 4.69) is 33.4 Å². The van der Waals surface area contributed by atoms with Gasteiger partial charge in [0.25, 0.3) is 0 Å². The van der Waals surface area contributed by atoms with E-state index in [0.29, 0.717) is 22.8 Å². The van der Waals surface area contributed by atoms with E-state index in [0.717, 1.165) is 23.7 Å². The van der Waals surface area contributed by atoms with Crippen molar-refractivity contribution in [2.75, 3.05) is 0 Å². The highest BCUT2D eigenvalue weighted by molar-refractivity contribution is 9.10. The second-order valence-electron chi connectivity index (χ2n) is 7.22. The van der Waals surface area contributed by atoms with Crippen molar-refractivity contribution in [1.29, 1.82) is 0 Å². The Hall–Kier alpha value is -2.18. The summed E-state index contributed by atoms with van der Waals surface area (Å²) in [5.74, 6) is -0.377. The summed E-state index contributed by atoms with van der Waals surface area (Å²) in [5, 5.41) is 4.33. The molecule has 0 saturated heterocycles. The van der Waals surface area contributed by atoms with Crippen LogP contribution in [0.2, 0.25) is 5.02 Å². The molecule has 0 saturated carbocycles. The minimum absolute atomic E-state index is 0.130. The maximum Gasteiger partial charge on any atom is 0.345 e. The van der Waals surface area contributed by atoms with Crippen LogP contribution in [0.3, 0.4) is 0 Å². The third kappa shape index (κ3) is 9.23. The fourth-order valence-corrected chi connectivity index (χ4v) is 3.56. The standard InChI is InChI=1S/C24H28BrClN2O3/c1-2-3-4-5-6-7-8-13-23(29)28-27-17-18-16-19(25)14-15-22(18)31-24(30)20-11-9-10-12-21(20)26/h9-12,14-17H,2-8,13H2,1H3,(H,28,29)/b27-17-. The van der Waals surface area contributed by atoms with Crippen molar-refractivity contribution in [2.45, 2.75) is 58.3 Å². The van der Waals surface area contributed by atoms with E-state index in [1.165, 1.54) is 31.9 Å². The zero-order valence-electron chi connectivity index (χ0n) is 17.7. The number of nitrogens with zero attached hydrogens (tertiary/aromatic N) is 1. The fourth-order valence-electron chi connectivity index (χ4n) is 2.97. The maximum absolute atomic E-state index is 12.5. The molecule has 0 atom stereocenters. The van der Waals surface area contributed by atoms with E-state index in [-0.39, 0.29) is 11.5 Å². The Morgan fingerprint density at radius 2 is 1.77 bits per heavy atom. The van der Waals surface area contributed by atoms with E-state index < -0.39 is 5.97 Å². The van der Waals surface area contributed by atoms with E-state index >= 15 is 0 Å². The van der Waals surface area contributed by atoms with Gasteiger partial charge in [-0.25, -0.2) is 10.2 Å². The molecular formula is C24H28BrClN2O3. The van der Waals surface area contributed by atoms with Crippen LogP contribution in [0.25, 0.3) is 0 Å². The Morgan fingerprint density at radius 3 is 2.52 bits per heavy atom. The van der Waals surface area contributed by atoms with Gasteiger partial charge < -0.3 is 4.74 Å². The second kappa shape index (κ2) is 14.0. The van der Waals surface area contributed by atoms with Crippen LogP contribution in [0.15, 0.2) is 52.0 Å². The van der Waals surface area contributed by atoms with Gasteiger partial charge in [0.05, 0.1) is 16.8 Å². The summed E-state index contributed by atoms with van der Waals surface area (Å²) in [7, 11) is 0. The first kappa shape index (κ1) is 25.1. The Labute approximate surface area is 197 Å². The molecule has 0 radical (unpaired) electrons. The van der Waals surface area contributed by atoms with Crippen LogP contribution in [0.1, 0.15) is 74.2 Å². The molecule has 0 heterocycles. The van der Waals surface area contributed by atoms with E-state index in [9.17, 15) is 9.59 Å². The number of benzene rings is 2. The van der Waals surface area contributed by atoms with Gasteiger partial charge in [-0.3, -0.25) is 4.79 Å². The summed E-state index contributed by atoms with van der Waals surface area (Å²) in [6.45, 7) is 2.20. The molecule has 2 aromatic rings. The predicted molar refractivity (Wildman–Crippen MR) is 129 cm³/mol. The van der Waals surface area contributed by atoms with Gasteiger partial charge in [0.2, 0.25) is 5.91 Å². The van der Waals surface area contributed by atoms with Gasteiger partial charge in [0.1, 0.15) is 5.75 Å². The number of carbonyl (C=O) groups excluding carboxylic acids is 2. The van der Waals surface area contributed by atoms with Crippen LogP contribution < -0.4 is 10.2 Å². The van der Waals surface area contributed by atoms with Crippen molar-refractivity contribution in [3.8, 4) is 5.75 Å². The van der Waals surface area contributed by atoms with E-state index in [1.54, 1.807) is 42.5 Å². The molecule has 0 aliphatic rings. The zero-order valence-corrected chi connectivity index (χ0v) is 20.0. The molecule has 166 valence electrons. The van der Waals surface area contributed by atoms with Gasteiger partial charge >= 0.3 is 5.97 Å². The van der Waals surface area contributed by atoms with Crippen LogP contribution in [0.4, 0.5) is 0 Å². The monoisotopic (exact) mass is 506 g/mol. The van der Waals surface area contributed by atoms with Gasteiger partial charge in [-0.1, -0.05) is 85.1 Å². The van der Waals surface area contributed by atoms with Crippen LogP contribution in [0, 0.1) is 0 Å². The Morgan fingerprint density at radius 1 is 1.06 bits per heavy atom. The lowest BCUT2D eigenvalue weighted by Crippen LogP contribution is -2.17. The third-order valence-corrected chi connectivity index (χ3v) is 5.49. The maximum atomic E-state index is 12.5. The number of unbranched alkanes of at least 4 members (excludes halogenated alkanes) is 6. The largest absolute Gasteiger partial charge is 0.422 e. The Balaban J connectivity index is 1.87. The van der Waals surface area contributed by atoms with Gasteiger partial charge in [-0.15, -0.1) is 0 Å². The number of ether oxygens (including phenoxy) is 1. The minimum Gasteiger partial charge on any atom is -0.422 e. The Bertz CT molecular complexity index is 902. The summed E-state index contributed by atoms with van der Waals surface area (Å²) in [5.41, 5.74) is 3.36. The topological polar surface area (TPSA) is 67.8 Å². The summed E-state index contributed by atoms with van der Waals surface area (Å²) in [6, 6.07) is 11.8. The third-order valence-electron chi connectivity index (χ3n) is 4.67. The molecule has 0 aliphatic heterocycles. The van der Waals surface area contributed by atoms with E-state index in [1.807, 2.05) is 0 Å². The van der Waals surface area contributed by atoms with Crippen molar-refractivity contribution in [2.24, 2.45) is 5.10 Å². The molecule has 0 aliphatic carbocycles. The number of amides is 1. The van der Waals surface area contributed by atoms with Crippen molar-refractivity contribution in [1.82, 2.24) is 5.43 Å². The lowest BCUT2D eigenvalue weighted by molar-refractivity contribution is -0.121. The molecule has 5 nitrogen and oxygen atoms in total. The number of hydrazone groups is 1. The molecule has 0 bridgehead atoms. The normalized spacial score (nSPS) is 10.9. The Kier molecular flexibility index (Phi) is 11.3. The van der Waals surface area contributed by atoms with Crippen LogP contribution in [-0.4, -0.2) is 18.1 Å². The number of esters is 1. The van der Waals surface area contributed by atoms with Crippen LogP contribution in [-0.2, 0) is 4.79 Å². The lowest BCUT2D eigenvalue weighted by Gasteiger charge is -2.09. The number of hydrogen-bond acceptors (Lipinski definition) is 4. The molecule has 2 rings (SSSR count). The summed E-state index contributed by atoms with van der Waals surface area (Å²) in [6.07, 6.45) is 9.98. The van der Waals surface area contributed by atoms with Crippen molar-refractivity contribution >= 4 is 45.6 Å². The SMILES string of the molecule is CCCCCCCCCC(=O)N/N=C\c1cc(Br)ccc1OC(=O)c1ccccc1Cl. The molecule has 0 spiro atoms. The number of hydrogen-bond donors (Lipinski definition) is 1. The molecule has 1 N–H and O–H groups in total. The van der Waals surface area contributed by atoms with Crippen molar-refractivity contribution < 1.29 is 14.3 Å². The van der Waals surface area contributed by atoms with Crippen LogP contribution in [0.5, 0.6) is 5.75 Å². The summed E-state index contributed by atoms with van der Waals surface area (Å²) < 4.78 is 6.29. The van der Waals surface area contributed by atoms with Gasteiger partial charge in [0, 0.05) is 16.5 Å². The van der Waals surface area contributed by atoms with Gasteiger partial charge in [-0.2, -0.15) is 5.10 Å².